The standard InChI is InChI=1S/C20H28N4O3.ClH/c1-2-26-18-5-7-19(8-6-18)27-17-20(25)23-11-4-10-22(13-15-23)14-16-24-12-3-9-21-24;/h3,5-9,12H,2,4,10-11,13-17H2,1H3;1H. The molecule has 0 saturated carbocycles. The third kappa shape index (κ3) is 6.73. The summed E-state index contributed by atoms with van der Waals surface area (Å²) < 4.78 is 13.0. The number of benzene rings is 1. The van der Waals surface area contributed by atoms with E-state index in [0.29, 0.717) is 12.4 Å². The van der Waals surface area contributed by atoms with Gasteiger partial charge in [0.2, 0.25) is 0 Å². The molecule has 0 unspecified atom stereocenters. The number of hydrogen-bond donors (Lipinski definition) is 0. The van der Waals surface area contributed by atoms with Crippen molar-refractivity contribution in [2.45, 2.75) is 19.9 Å². The van der Waals surface area contributed by atoms with Crippen molar-refractivity contribution in [3.05, 3.63) is 42.7 Å². The summed E-state index contributed by atoms with van der Waals surface area (Å²) in [6.45, 7) is 7.89. The van der Waals surface area contributed by atoms with Gasteiger partial charge < -0.3 is 14.4 Å². The Balaban J connectivity index is 0.00000280. The predicted molar refractivity (Wildman–Crippen MR) is 110 cm³/mol. The molecular weight excluding hydrogens is 380 g/mol. The van der Waals surface area contributed by atoms with Crippen LogP contribution in [0.3, 0.4) is 0 Å². The smallest absolute Gasteiger partial charge is 0.260 e. The first-order chi connectivity index (χ1) is 13.2. The average Bonchev–Trinajstić information content (AvgIpc) is 3.10. The van der Waals surface area contributed by atoms with E-state index in [-0.39, 0.29) is 24.9 Å². The molecule has 1 aromatic heterocycles. The van der Waals surface area contributed by atoms with Crippen LogP contribution in [-0.4, -0.2) is 71.4 Å². The number of nitrogens with zero attached hydrogens (tertiary/aromatic N) is 4. The Kier molecular flexibility index (Phi) is 9.10. The molecule has 3 rings (SSSR count). The Hall–Kier alpha value is -2.25. The average molecular weight is 409 g/mol. The summed E-state index contributed by atoms with van der Waals surface area (Å²) in [7, 11) is 0. The molecule has 1 aromatic carbocycles. The van der Waals surface area contributed by atoms with Crippen LogP contribution in [0.15, 0.2) is 42.7 Å². The number of halogens is 1. The van der Waals surface area contributed by atoms with E-state index in [1.165, 1.54) is 0 Å². The van der Waals surface area contributed by atoms with Crippen LogP contribution in [0.2, 0.25) is 0 Å². The number of carbonyl (C=O) groups excluding carboxylic acids is 1. The van der Waals surface area contributed by atoms with Crippen LogP contribution in [0.5, 0.6) is 11.5 Å². The first kappa shape index (κ1) is 22.0. The van der Waals surface area contributed by atoms with Crippen LogP contribution in [0.4, 0.5) is 0 Å². The van der Waals surface area contributed by atoms with Gasteiger partial charge in [-0.1, -0.05) is 0 Å². The van der Waals surface area contributed by atoms with Gasteiger partial charge in [-0.2, -0.15) is 5.10 Å². The van der Waals surface area contributed by atoms with Crippen molar-refractivity contribution in [3.63, 3.8) is 0 Å². The fraction of sp³-hybridized carbons (Fsp3) is 0.500. The predicted octanol–water partition coefficient (Wildman–Crippen LogP) is 2.32. The number of amides is 1. The summed E-state index contributed by atoms with van der Waals surface area (Å²) in [6, 6.07) is 9.31. The van der Waals surface area contributed by atoms with Gasteiger partial charge in [0.15, 0.2) is 6.61 Å². The quantitative estimate of drug-likeness (QED) is 0.670. The lowest BCUT2D eigenvalue weighted by atomic mass is 10.3. The van der Waals surface area contributed by atoms with Gasteiger partial charge in [-0.25, -0.2) is 0 Å². The third-order valence-electron chi connectivity index (χ3n) is 4.64. The van der Waals surface area contributed by atoms with E-state index >= 15 is 0 Å². The van der Waals surface area contributed by atoms with Gasteiger partial charge in [-0.15, -0.1) is 12.4 Å². The van der Waals surface area contributed by atoms with Gasteiger partial charge in [-0.05, 0) is 50.2 Å². The summed E-state index contributed by atoms with van der Waals surface area (Å²) in [5, 5.41) is 4.24. The van der Waals surface area contributed by atoms with Crippen LogP contribution in [-0.2, 0) is 11.3 Å². The van der Waals surface area contributed by atoms with Gasteiger partial charge in [0.05, 0.1) is 13.2 Å². The summed E-state index contributed by atoms with van der Waals surface area (Å²) >= 11 is 0. The summed E-state index contributed by atoms with van der Waals surface area (Å²) in [5.74, 6) is 1.53. The zero-order valence-corrected chi connectivity index (χ0v) is 17.1. The molecule has 0 radical (unpaired) electrons. The number of rotatable bonds is 8. The van der Waals surface area contributed by atoms with E-state index in [4.69, 9.17) is 9.47 Å². The molecule has 1 fully saturated rings. The molecule has 8 heteroatoms. The van der Waals surface area contributed by atoms with E-state index in [2.05, 4.69) is 10.00 Å². The number of aromatic nitrogens is 2. The minimum Gasteiger partial charge on any atom is -0.494 e. The maximum absolute atomic E-state index is 12.5. The molecule has 1 saturated heterocycles. The molecule has 7 nitrogen and oxygen atoms in total. The third-order valence-corrected chi connectivity index (χ3v) is 4.64. The van der Waals surface area contributed by atoms with Gasteiger partial charge in [-0.3, -0.25) is 14.4 Å². The lowest BCUT2D eigenvalue weighted by Crippen LogP contribution is -2.38. The largest absolute Gasteiger partial charge is 0.494 e. The highest BCUT2D eigenvalue weighted by molar-refractivity contribution is 5.85. The van der Waals surface area contributed by atoms with Crippen molar-refractivity contribution in [1.29, 1.82) is 0 Å². The van der Waals surface area contributed by atoms with E-state index < -0.39 is 0 Å². The highest BCUT2D eigenvalue weighted by Gasteiger charge is 2.19. The number of hydrogen-bond acceptors (Lipinski definition) is 5. The maximum Gasteiger partial charge on any atom is 0.260 e. The zero-order chi connectivity index (χ0) is 18.9. The second kappa shape index (κ2) is 11.6. The second-order valence-electron chi connectivity index (χ2n) is 6.54. The molecular formula is C20H29ClN4O3. The van der Waals surface area contributed by atoms with E-state index in [1.807, 2.05) is 53.0 Å². The van der Waals surface area contributed by atoms with Gasteiger partial charge >= 0.3 is 0 Å². The molecule has 2 aromatic rings. The molecule has 1 aliphatic heterocycles. The first-order valence-electron chi connectivity index (χ1n) is 9.58. The van der Waals surface area contributed by atoms with Crippen molar-refractivity contribution in [3.8, 4) is 11.5 Å². The van der Waals surface area contributed by atoms with Crippen molar-refractivity contribution in [2.75, 3.05) is 45.9 Å². The summed E-state index contributed by atoms with van der Waals surface area (Å²) in [6.07, 6.45) is 4.76. The highest BCUT2D eigenvalue weighted by atomic mass is 35.5. The van der Waals surface area contributed by atoms with Crippen molar-refractivity contribution in [2.24, 2.45) is 0 Å². The highest BCUT2D eigenvalue weighted by Crippen LogP contribution is 2.17. The molecule has 0 atom stereocenters. The number of carbonyl (C=O) groups is 1. The molecule has 0 bridgehead atoms. The molecule has 0 aliphatic carbocycles. The molecule has 0 N–H and O–H groups in total. The minimum atomic E-state index is 0. The Labute approximate surface area is 172 Å². The summed E-state index contributed by atoms with van der Waals surface area (Å²) in [5.41, 5.74) is 0. The van der Waals surface area contributed by atoms with Gasteiger partial charge in [0.25, 0.3) is 5.91 Å². The SMILES string of the molecule is CCOc1ccc(OCC(=O)N2CCCN(CCn3cccn3)CC2)cc1.Cl. The van der Waals surface area contributed by atoms with E-state index in [1.54, 1.807) is 6.20 Å². The van der Waals surface area contributed by atoms with Gasteiger partial charge in [0.1, 0.15) is 11.5 Å². The Morgan fingerprint density at radius 2 is 1.79 bits per heavy atom. The van der Waals surface area contributed by atoms with Crippen LogP contribution < -0.4 is 9.47 Å². The molecule has 0 spiro atoms. The van der Waals surface area contributed by atoms with E-state index in [0.717, 1.165) is 51.4 Å². The van der Waals surface area contributed by atoms with Crippen molar-refractivity contribution in [1.82, 2.24) is 19.6 Å². The monoisotopic (exact) mass is 408 g/mol. The molecule has 1 amide bonds. The fourth-order valence-corrected chi connectivity index (χ4v) is 3.16. The Morgan fingerprint density at radius 3 is 2.46 bits per heavy atom. The Bertz CT molecular complexity index is 694. The number of ether oxygens (including phenoxy) is 2. The minimum absolute atomic E-state index is 0. The second-order valence-corrected chi connectivity index (χ2v) is 6.54. The first-order valence-corrected chi connectivity index (χ1v) is 9.58. The fourth-order valence-electron chi connectivity index (χ4n) is 3.16. The molecule has 2 heterocycles. The van der Waals surface area contributed by atoms with Crippen LogP contribution in [0, 0.1) is 0 Å². The summed E-state index contributed by atoms with van der Waals surface area (Å²) in [4.78, 5) is 16.8. The van der Waals surface area contributed by atoms with Crippen molar-refractivity contribution >= 4 is 18.3 Å². The normalized spacial score (nSPS) is 14.8. The van der Waals surface area contributed by atoms with Crippen LogP contribution >= 0.6 is 12.4 Å². The molecule has 1 aliphatic rings. The van der Waals surface area contributed by atoms with Crippen LogP contribution in [0.1, 0.15) is 13.3 Å². The van der Waals surface area contributed by atoms with Crippen molar-refractivity contribution < 1.29 is 14.3 Å². The lowest BCUT2D eigenvalue weighted by Gasteiger charge is -2.22. The topological polar surface area (TPSA) is 59.8 Å². The van der Waals surface area contributed by atoms with Crippen LogP contribution in [0.25, 0.3) is 0 Å². The van der Waals surface area contributed by atoms with Gasteiger partial charge in [0, 0.05) is 38.6 Å². The maximum atomic E-state index is 12.5. The lowest BCUT2D eigenvalue weighted by molar-refractivity contribution is -0.133. The van der Waals surface area contributed by atoms with E-state index in [9.17, 15) is 4.79 Å². The zero-order valence-electron chi connectivity index (χ0n) is 16.3. The Morgan fingerprint density at radius 1 is 1.04 bits per heavy atom. The molecule has 154 valence electrons. The molecule has 28 heavy (non-hydrogen) atoms.